The van der Waals surface area contributed by atoms with Gasteiger partial charge in [-0.2, -0.15) is 0 Å². The Morgan fingerprint density at radius 3 is 1.02 bits per heavy atom. The minimum absolute atomic E-state index is 0.0636. The van der Waals surface area contributed by atoms with Crippen molar-refractivity contribution in [3.05, 3.63) is 39.6 Å². The second-order valence-electron chi connectivity index (χ2n) is 11.6. The van der Waals surface area contributed by atoms with Gasteiger partial charge in [0.25, 0.3) is 0 Å². The van der Waals surface area contributed by atoms with E-state index >= 15 is 0 Å². The molecule has 6 heteroatoms. The van der Waals surface area contributed by atoms with E-state index in [0.29, 0.717) is 20.9 Å². The molecule has 2 aromatic heterocycles. The number of halogens is 2. The molecular formula is C34H50Br2O2S2. The van der Waals surface area contributed by atoms with Crippen molar-refractivity contribution in [2.45, 2.75) is 155 Å². The van der Waals surface area contributed by atoms with E-state index < -0.39 is 0 Å². The van der Waals surface area contributed by atoms with Gasteiger partial charge in [0.15, 0.2) is 0 Å². The SMILES string of the molecule is CCCCCCCCCCCCc1c(Br)sc2c1C(=O)c1sc(Br)c(CCCCCCCCCCCC)c1C2=O. The standard InChI is InChI=1S/C34H50Br2O2S2/c1-3-5-7-9-11-13-15-17-19-21-23-25-27-29(37)32-28(30(38)31(27)39-33(25)35)26(34(36)40-32)24-22-20-18-16-14-12-10-8-6-4-2/h3-24H2,1-2H3. The van der Waals surface area contributed by atoms with Crippen molar-refractivity contribution >= 4 is 66.1 Å². The lowest BCUT2D eigenvalue weighted by molar-refractivity contribution is 0.0984. The van der Waals surface area contributed by atoms with Crippen molar-refractivity contribution in [2.75, 3.05) is 0 Å². The van der Waals surface area contributed by atoms with E-state index in [-0.39, 0.29) is 11.6 Å². The number of fused-ring (bicyclic) bond motifs is 2. The molecule has 0 unspecified atom stereocenters. The van der Waals surface area contributed by atoms with Gasteiger partial charge in [0.05, 0.1) is 17.3 Å². The van der Waals surface area contributed by atoms with E-state index in [0.717, 1.165) is 44.4 Å². The zero-order valence-electron chi connectivity index (χ0n) is 24.9. The van der Waals surface area contributed by atoms with Crippen molar-refractivity contribution in [1.82, 2.24) is 0 Å². The molecule has 1 aliphatic carbocycles. The van der Waals surface area contributed by atoms with Crippen LogP contribution >= 0.6 is 54.5 Å². The van der Waals surface area contributed by atoms with Gasteiger partial charge >= 0.3 is 0 Å². The van der Waals surface area contributed by atoms with Crippen LogP contribution in [0.4, 0.5) is 0 Å². The summed E-state index contributed by atoms with van der Waals surface area (Å²) in [6.07, 6.45) is 27.6. The van der Waals surface area contributed by atoms with Gasteiger partial charge in [0.1, 0.15) is 0 Å². The topological polar surface area (TPSA) is 34.1 Å². The molecular weight excluding hydrogens is 664 g/mol. The molecule has 0 N–H and O–H groups in total. The maximum Gasteiger partial charge on any atom is 0.205 e. The lowest BCUT2D eigenvalue weighted by Crippen LogP contribution is -2.19. The molecule has 0 aliphatic heterocycles. The van der Waals surface area contributed by atoms with Crippen molar-refractivity contribution in [3.63, 3.8) is 0 Å². The van der Waals surface area contributed by atoms with Crippen LogP contribution < -0.4 is 0 Å². The number of hydrogen-bond acceptors (Lipinski definition) is 4. The molecule has 2 heterocycles. The van der Waals surface area contributed by atoms with Gasteiger partial charge in [-0.25, -0.2) is 0 Å². The van der Waals surface area contributed by atoms with E-state index in [1.807, 2.05) is 0 Å². The summed E-state index contributed by atoms with van der Waals surface area (Å²) in [5.41, 5.74) is 3.49. The third-order valence-electron chi connectivity index (χ3n) is 8.34. The molecule has 0 saturated carbocycles. The quantitative estimate of drug-likeness (QED) is 0.0971. The highest BCUT2D eigenvalue weighted by Gasteiger charge is 2.38. The summed E-state index contributed by atoms with van der Waals surface area (Å²) in [4.78, 5) is 28.7. The molecule has 0 radical (unpaired) electrons. The lowest BCUT2D eigenvalue weighted by atomic mass is 9.88. The highest BCUT2D eigenvalue weighted by molar-refractivity contribution is 9.11. The summed E-state index contributed by atoms with van der Waals surface area (Å²) in [6, 6.07) is 0. The maximum absolute atomic E-state index is 13.7. The first kappa shape index (κ1) is 34.2. The van der Waals surface area contributed by atoms with Crippen molar-refractivity contribution in [1.29, 1.82) is 0 Å². The molecule has 0 bridgehead atoms. The Morgan fingerprint density at radius 1 is 0.450 bits per heavy atom. The Hall–Kier alpha value is -0.300. The van der Waals surface area contributed by atoms with Gasteiger partial charge < -0.3 is 0 Å². The van der Waals surface area contributed by atoms with Crippen LogP contribution in [0.25, 0.3) is 0 Å². The number of rotatable bonds is 22. The first-order chi connectivity index (χ1) is 19.5. The Kier molecular flexibility index (Phi) is 16.3. The molecule has 2 aromatic rings. The Labute approximate surface area is 268 Å². The summed E-state index contributed by atoms with van der Waals surface area (Å²) in [6.45, 7) is 4.53. The van der Waals surface area contributed by atoms with Crippen LogP contribution in [-0.4, -0.2) is 11.6 Å². The van der Waals surface area contributed by atoms with E-state index in [1.165, 1.54) is 138 Å². The first-order valence-corrected chi connectivity index (χ1v) is 19.4. The third-order valence-corrected chi connectivity index (χ3v) is 12.3. The predicted octanol–water partition coefficient (Wildman–Crippen LogP) is 13.0. The van der Waals surface area contributed by atoms with Crippen LogP contribution in [-0.2, 0) is 12.8 Å². The molecule has 3 rings (SSSR count). The summed E-state index contributed by atoms with van der Waals surface area (Å²) in [7, 11) is 0. The van der Waals surface area contributed by atoms with Gasteiger partial charge in [0, 0.05) is 11.1 Å². The van der Waals surface area contributed by atoms with Crippen molar-refractivity contribution in [2.24, 2.45) is 0 Å². The Balaban J connectivity index is 1.48. The fraction of sp³-hybridized carbons (Fsp3) is 0.706. The first-order valence-electron chi connectivity index (χ1n) is 16.2. The van der Waals surface area contributed by atoms with Crippen LogP contribution in [0, 0.1) is 0 Å². The average Bonchev–Trinajstić information content (AvgIpc) is 3.46. The van der Waals surface area contributed by atoms with Crippen molar-refractivity contribution in [3.8, 4) is 0 Å². The van der Waals surface area contributed by atoms with E-state index in [1.54, 1.807) is 0 Å². The molecule has 0 spiro atoms. The zero-order chi connectivity index (χ0) is 28.7. The third kappa shape index (κ3) is 9.88. The Morgan fingerprint density at radius 2 is 0.725 bits per heavy atom. The second kappa shape index (κ2) is 19.1. The average molecular weight is 715 g/mol. The van der Waals surface area contributed by atoms with Gasteiger partial charge in [-0.15, -0.1) is 22.7 Å². The molecule has 0 amide bonds. The highest BCUT2D eigenvalue weighted by atomic mass is 79.9. The molecule has 0 saturated heterocycles. The molecule has 0 atom stereocenters. The summed E-state index contributed by atoms with van der Waals surface area (Å²) >= 11 is 10.4. The molecule has 224 valence electrons. The fourth-order valence-corrected chi connectivity index (χ4v) is 9.73. The van der Waals surface area contributed by atoms with Gasteiger partial charge in [-0.1, -0.05) is 129 Å². The van der Waals surface area contributed by atoms with Crippen LogP contribution in [0.3, 0.4) is 0 Å². The minimum Gasteiger partial charge on any atom is -0.288 e. The lowest BCUT2D eigenvalue weighted by Gasteiger charge is -2.14. The highest BCUT2D eigenvalue weighted by Crippen LogP contribution is 2.46. The number of carbonyl (C=O) groups excluding carboxylic acids is 2. The van der Waals surface area contributed by atoms with E-state index in [2.05, 4.69) is 45.7 Å². The number of carbonyl (C=O) groups is 2. The summed E-state index contributed by atoms with van der Waals surface area (Å²) in [5, 5.41) is 0. The predicted molar refractivity (Wildman–Crippen MR) is 182 cm³/mol. The molecule has 1 aliphatic rings. The zero-order valence-corrected chi connectivity index (χ0v) is 29.8. The molecule has 40 heavy (non-hydrogen) atoms. The second-order valence-corrected chi connectivity index (χ2v) is 16.3. The monoisotopic (exact) mass is 712 g/mol. The number of thiophene rings is 2. The van der Waals surface area contributed by atoms with Gasteiger partial charge in [-0.3, -0.25) is 9.59 Å². The largest absolute Gasteiger partial charge is 0.288 e. The van der Waals surface area contributed by atoms with Crippen LogP contribution in [0.1, 0.15) is 184 Å². The van der Waals surface area contributed by atoms with Gasteiger partial charge in [-0.05, 0) is 68.7 Å². The summed E-state index contributed by atoms with van der Waals surface area (Å²) in [5.74, 6) is 0.127. The number of hydrogen-bond donors (Lipinski definition) is 0. The summed E-state index contributed by atoms with van der Waals surface area (Å²) < 4.78 is 1.95. The molecule has 2 nitrogen and oxygen atoms in total. The van der Waals surface area contributed by atoms with Crippen LogP contribution in [0.5, 0.6) is 0 Å². The fourth-order valence-electron chi connectivity index (χ4n) is 5.93. The Bertz CT molecular complexity index is 984. The number of ketones is 2. The molecule has 0 fully saturated rings. The smallest absolute Gasteiger partial charge is 0.205 e. The van der Waals surface area contributed by atoms with Crippen LogP contribution in [0.15, 0.2) is 7.57 Å². The van der Waals surface area contributed by atoms with E-state index in [9.17, 15) is 9.59 Å². The van der Waals surface area contributed by atoms with E-state index in [4.69, 9.17) is 0 Å². The molecule has 0 aromatic carbocycles. The normalized spacial score (nSPS) is 12.8. The van der Waals surface area contributed by atoms with Crippen LogP contribution in [0.2, 0.25) is 0 Å². The minimum atomic E-state index is 0.0636. The number of unbranched alkanes of at least 4 members (excludes halogenated alkanes) is 18. The maximum atomic E-state index is 13.7. The van der Waals surface area contributed by atoms with Crippen molar-refractivity contribution < 1.29 is 9.59 Å². The van der Waals surface area contributed by atoms with Gasteiger partial charge in [0.2, 0.25) is 11.6 Å².